The predicted octanol–water partition coefficient (Wildman–Crippen LogP) is 2.55. The molecule has 1 aliphatic rings. The van der Waals surface area contributed by atoms with Gasteiger partial charge >= 0.3 is 12.2 Å². The van der Waals surface area contributed by atoms with Crippen molar-refractivity contribution in [1.29, 1.82) is 0 Å². The topological polar surface area (TPSA) is 87.7 Å². The van der Waals surface area contributed by atoms with Gasteiger partial charge in [0.1, 0.15) is 11.8 Å². The van der Waals surface area contributed by atoms with Gasteiger partial charge in [-0.25, -0.2) is 4.79 Å². The minimum Gasteiger partial charge on any atom is -0.497 e. The van der Waals surface area contributed by atoms with E-state index in [1.54, 1.807) is 18.2 Å². The Balaban J connectivity index is 1.86. The summed E-state index contributed by atoms with van der Waals surface area (Å²) in [5, 5.41) is 4.27. The van der Waals surface area contributed by atoms with Gasteiger partial charge in [0.05, 0.1) is 19.2 Å². The molecule has 7 nitrogen and oxygen atoms in total. The van der Waals surface area contributed by atoms with E-state index in [-0.39, 0.29) is 31.0 Å². The van der Waals surface area contributed by atoms with Gasteiger partial charge < -0.3 is 15.0 Å². The van der Waals surface area contributed by atoms with Gasteiger partial charge in [-0.05, 0) is 29.8 Å². The van der Waals surface area contributed by atoms with Gasteiger partial charge in [-0.1, -0.05) is 30.0 Å². The molecule has 32 heavy (non-hydrogen) atoms. The summed E-state index contributed by atoms with van der Waals surface area (Å²) in [7, 11) is 1.47. The lowest BCUT2D eigenvalue weighted by atomic mass is 10.1. The van der Waals surface area contributed by atoms with E-state index in [0.29, 0.717) is 11.3 Å². The van der Waals surface area contributed by atoms with Gasteiger partial charge in [0.2, 0.25) is 6.41 Å². The third-order valence-corrected chi connectivity index (χ3v) is 4.71. The second-order valence-electron chi connectivity index (χ2n) is 6.81. The molecular formula is C22H18F3N3O4. The average Bonchev–Trinajstić information content (AvgIpc) is 3.06. The Morgan fingerprint density at radius 1 is 1.28 bits per heavy atom. The quantitative estimate of drug-likeness (QED) is 0.547. The third-order valence-electron chi connectivity index (χ3n) is 4.71. The number of hydrogen-bond acceptors (Lipinski definition) is 4. The van der Waals surface area contributed by atoms with Crippen molar-refractivity contribution in [2.45, 2.75) is 18.8 Å². The molecule has 0 unspecified atom stereocenters. The molecule has 3 rings (SSSR count). The minimum absolute atomic E-state index is 0.108. The largest absolute Gasteiger partial charge is 0.497 e. The number of fused-ring (bicyclic) bond motifs is 1. The van der Waals surface area contributed by atoms with Gasteiger partial charge in [0.25, 0.3) is 5.91 Å². The molecule has 1 aliphatic heterocycles. The van der Waals surface area contributed by atoms with Crippen LogP contribution in [0.4, 0.5) is 18.0 Å². The number of carbonyl (C=O) groups is 3. The fourth-order valence-electron chi connectivity index (χ4n) is 3.22. The standard InChI is InChI=1S/C22H18F3N3O4/c1-32-17-9-7-15-11-28(20(30)18(15)10-17)12-16(27-21(31)26-13-29)8-6-14-4-2-3-5-19(14)22(23,24)25/h2-5,7,9-10,13,16H,11-12H2,1H3,(H2,26,27,29,31)/t16-/m1/s1. The molecule has 10 heteroatoms. The molecular weight excluding hydrogens is 427 g/mol. The van der Waals surface area contributed by atoms with Crippen LogP contribution in [0.3, 0.4) is 0 Å². The van der Waals surface area contributed by atoms with Crippen molar-refractivity contribution < 1.29 is 32.3 Å². The molecule has 0 aliphatic carbocycles. The minimum atomic E-state index is -4.60. The highest BCUT2D eigenvalue weighted by Crippen LogP contribution is 2.31. The maximum Gasteiger partial charge on any atom is 0.417 e. The fraction of sp³-hybridized carbons (Fsp3) is 0.227. The van der Waals surface area contributed by atoms with Crippen LogP contribution >= 0.6 is 0 Å². The maximum absolute atomic E-state index is 13.2. The summed E-state index contributed by atoms with van der Waals surface area (Å²) >= 11 is 0. The summed E-state index contributed by atoms with van der Waals surface area (Å²) in [4.78, 5) is 36.5. The average molecular weight is 445 g/mol. The molecule has 2 N–H and O–H groups in total. The lowest BCUT2D eigenvalue weighted by molar-refractivity contribution is -0.137. The zero-order valence-electron chi connectivity index (χ0n) is 16.8. The van der Waals surface area contributed by atoms with Crippen LogP contribution in [0.1, 0.15) is 27.0 Å². The molecule has 0 saturated heterocycles. The van der Waals surface area contributed by atoms with Gasteiger partial charge in [-0.2, -0.15) is 13.2 Å². The summed E-state index contributed by atoms with van der Waals surface area (Å²) in [5.41, 5.74) is -0.0261. The zero-order valence-corrected chi connectivity index (χ0v) is 16.8. The van der Waals surface area contributed by atoms with Crippen LogP contribution in [-0.2, 0) is 17.5 Å². The first-order chi connectivity index (χ1) is 15.2. The number of nitrogens with zero attached hydrogens (tertiary/aromatic N) is 1. The van der Waals surface area contributed by atoms with E-state index in [1.807, 2.05) is 5.32 Å². The normalized spacial score (nSPS) is 13.5. The number of urea groups is 1. The number of rotatable bonds is 5. The van der Waals surface area contributed by atoms with Gasteiger partial charge in [0, 0.05) is 17.7 Å². The Hall–Kier alpha value is -4.00. The van der Waals surface area contributed by atoms with E-state index in [1.165, 1.54) is 30.2 Å². The Labute approximate surface area is 181 Å². The number of benzene rings is 2. The number of alkyl halides is 3. The molecule has 0 aromatic heterocycles. The molecule has 0 spiro atoms. The van der Waals surface area contributed by atoms with Gasteiger partial charge in [0.15, 0.2) is 0 Å². The Kier molecular flexibility index (Phi) is 6.68. The molecule has 0 bridgehead atoms. The van der Waals surface area contributed by atoms with E-state index in [0.717, 1.165) is 11.6 Å². The predicted molar refractivity (Wildman–Crippen MR) is 108 cm³/mol. The molecule has 166 valence electrons. The Bertz CT molecular complexity index is 1110. The number of carbonyl (C=O) groups excluding carboxylic acids is 3. The molecule has 0 radical (unpaired) electrons. The molecule has 1 heterocycles. The van der Waals surface area contributed by atoms with Crippen LogP contribution in [-0.4, -0.2) is 42.9 Å². The first kappa shape index (κ1) is 22.7. The number of ether oxygens (including phenoxy) is 1. The highest BCUT2D eigenvalue weighted by molar-refractivity contribution is 5.98. The van der Waals surface area contributed by atoms with E-state index in [2.05, 4.69) is 17.2 Å². The van der Waals surface area contributed by atoms with Gasteiger partial charge in [-0.15, -0.1) is 0 Å². The lowest BCUT2D eigenvalue weighted by Gasteiger charge is -2.21. The summed E-state index contributed by atoms with van der Waals surface area (Å²) < 4.78 is 44.8. The molecule has 2 aromatic carbocycles. The van der Waals surface area contributed by atoms with Crippen LogP contribution in [0.25, 0.3) is 0 Å². The van der Waals surface area contributed by atoms with Crippen LogP contribution in [0.2, 0.25) is 0 Å². The third kappa shape index (κ3) is 5.18. The number of methoxy groups -OCH3 is 1. The fourth-order valence-corrected chi connectivity index (χ4v) is 3.22. The van der Waals surface area contributed by atoms with Crippen molar-refractivity contribution in [3.63, 3.8) is 0 Å². The zero-order chi connectivity index (χ0) is 23.3. The lowest BCUT2D eigenvalue weighted by Crippen LogP contribution is -2.46. The van der Waals surface area contributed by atoms with E-state index in [9.17, 15) is 27.6 Å². The van der Waals surface area contributed by atoms with Crippen molar-refractivity contribution in [3.8, 4) is 17.6 Å². The Morgan fingerprint density at radius 2 is 2.03 bits per heavy atom. The highest BCUT2D eigenvalue weighted by Gasteiger charge is 2.33. The number of halogens is 3. The van der Waals surface area contributed by atoms with Crippen molar-refractivity contribution in [1.82, 2.24) is 15.5 Å². The number of nitrogens with one attached hydrogen (secondary N) is 2. The molecule has 1 atom stereocenters. The first-order valence-electron chi connectivity index (χ1n) is 9.37. The van der Waals surface area contributed by atoms with Crippen LogP contribution in [0.5, 0.6) is 5.75 Å². The van der Waals surface area contributed by atoms with Crippen LogP contribution in [0.15, 0.2) is 42.5 Å². The van der Waals surface area contributed by atoms with E-state index >= 15 is 0 Å². The SMILES string of the molecule is COc1ccc2c(c1)C(=O)N(C[C@@H](C#Cc1ccccc1C(F)(F)F)NC(=O)NC=O)C2. The molecule has 4 amide bonds. The van der Waals surface area contributed by atoms with Crippen molar-refractivity contribution >= 4 is 18.3 Å². The van der Waals surface area contributed by atoms with Crippen molar-refractivity contribution in [2.75, 3.05) is 13.7 Å². The molecule has 0 fully saturated rings. The summed E-state index contributed by atoms with van der Waals surface area (Å²) in [6, 6.07) is 7.86. The number of imide groups is 1. The number of hydrogen-bond donors (Lipinski definition) is 2. The van der Waals surface area contributed by atoms with E-state index in [4.69, 9.17) is 4.74 Å². The van der Waals surface area contributed by atoms with E-state index < -0.39 is 23.8 Å². The van der Waals surface area contributed by atoms with Crippen molar-refractivity contribution in [2.24, 2.45) is 0 Å². The summed E-state index contributed by atoms with van der Waals surface area (Å²) in [6.45, 7) is 0.121. The molecule has 0 saturated carbocycles. The summed E-state index contributed by atoms with van der Waals surface area (Å²) in [6.07, 6.45) is -4.45. The monoisotopic (exact) mass is 445 g/mol. The highest BCUT2D eigenvalue weighted by atomic mass is 19.4. The summed E-state index contributed by atoms with van der Waals surface area (Å²) in [5.74, 6) is 5.18. The van der Waals surface area contributed by atoms with Crippen LogP contribution < -0.4 is 15.4 Å². The number of amides is 4. The Morgan fingerprint density at radius 3 is 2.72 bits per heavy atom. The smallest absolute Gasteiger partial charge is 0.417 e. The van der Waals surface area contributed by atoms with Crippen molar-refractivity contribution in [3.05, 3.63) is 64.7 Å². The van der Waals surface area contributed by atoms with Crippen LogP contribution in [0, 0.1) is 11.8 Å². The molecule has 2 aromatic rings. The first-order valence-corrected chi connectivity index (χ1v) is 9.37. The van der Waals surface area contributed by atoms with Gasteiger partial charge in [-0.3, -0.25) is 14.9 Å². The maximum atomic E-state index is 13.2. The second-order valence-corrected chi connectivity index (χ2v) is 6.81. The second kappa shape index (κ2) is 9.43.